The van der Waals surface area contributed by atoms with Crippen LogP contribution in [0.15, 0.2) is 47.5 Å². The molecule has 8 heteroatoms. The van der Waals surface area contributed by atoms with E-state index in [-0.39, 0.29) is 24.3 Å². The zero-order valence-electron chi connectivity index (χ0n) is 18.1. The second-order valence-corrected chi connectivity index (χ2v) is 8.23. The zero-order valence-corrected chi connectivity index (χ0v) is 18.1. The maximum Gasteiger partial charge on any atom is 0.247 e. The minimum Gasteiger partial charge on any atom is -0.341 e. The van der Waals surface area contributed by atoms with E-state index in [1.54, 1.807) is 4.90 Å². The maximum absolute atomic E-state index is 13.2. The van der Waals surface area contributed by atoms with E-state index < -0.39 is 6.04 Å². The molecule has 2 amide bonds. The van der Waals surface area contributed by atoms with Crippen molar-refractivity contribution >= 4 is 34.2 Å². The summed E-state index contributed by atoms with van der Waals surface area (Å²) in [4.78, 5) is 33.8. The number of hydrogen-bond acceptors (Lipinski definition) is 4. The summed E-state index contributed by atoms with van der Waals surface area (Å²) < 4.78 is 0. The molecule has 2 N–H and O–H groups in total. The summed E-state index contributed by atoms with van der Waals surface area (Å²) in [6.07, 6.45) is 6.21. The smallest absolute Gasteiger partial charge is 0.247 e. The van der Waals surface area contributed by atoms with Crippen molar-refractivity contribution in [2.24, 2.45) is 4.99 Å². The third-order valence-corrected chi connectivity index (χ3v) is 6.04. The molecule has 0 bridgehead atoms. The van der Waals surface area contributed by atoms with Gasteiger partial charge in [0, 0.05) is 30.7 Å². The Bertz CT molecular complexity index is 1050. The Morgan fingerprint density at radius 2 is 1.81 bits per heavy atom. The molecule has 166 valence electrons. The lowest BCUT2D eigenvalue weighted by Crippen LogP contribution is -2.45. The van der Waals surface area contributed by atoms with Crippen molar-refractivity contribution < 1.29 is 9.59 Å². The number of benzene rings is 2. The van der Waals surface area contributed by atoms with Crippen LogP contribution in [0.5, 0.6) is 0 Å². The highest BCUT2D eigenvalue weighted by Crippen LogP contribution is 2.23. The minimum absolute atomic E-state index is 0.00438. The fourth-order valence-corrected chi connectivity index (χ4v) is 4.36. The van der Waals surface area contributed by atoms with Crippen molar-refractivity contribution in [2.75, 3.05) is 31.5 Å². The molecule has 32 heavy (non-hydrogen) atoms. The third kappa shape index (κ3) is 4.99. The number of aliphatic imine (C=N–C) groups is 1. The molecule has 1 atom stereocenters. The van der Waals surface area contributed by atoms with Gasteiger partial charge in [-0.15, -0.1) is 0 Å². The van der Waals surface area contributed by atoms with Gasteiger partial charge in [0.1, 0.15) is 6.04 Å². The lowest BCUT2D eigenvalue weighted by molar-refractivity contribution is -0.140. The second-order valence-electron chi connectivity index (χ2n) is 8.23. The largest absolute Gasteiger partial charge is 0.341 e. The average molecular weight is 433 g/mol. The molecule has 0 saturated carbocycles. The van der Waals surface area contributed by atoms with Gasteiger partial charge in [0.25, 0.3) is 0 Å². The van der Waals surface area contributed by atoms with Crippen LogP contribution >= 0.6 is 0 Å². The quantitative estimate of drug-likeness (QED) is 0.335. The van der Waals surface area contributed by atoms with Crippen LogP contribution in [0.25, 0.3) is 10.8 Å². The fourth-order valence-electron chi connectivity index (χ4n) is 4.36. The molecule has 2 heterocycles. The average Bonchev–Trinajstić information content (AvgIpc) is 3.30. The summed E-state index contributed by atoms with van der Waals surface area (Å²) in [5.74, 6) is 0.0756. The van der Waals surface area contributed by atoms with E-state index >= 15 is 0 Å². The SMILES string of the molecule is N#CNC(=NC1CCCCN(CC(=O)N2CCCC2)C1=O)Nc1cccc2ccccc12. The summed E-state index contributed by atoms with van der Waals surface area (Å²) in [6.45, 7) is 2.20. The first-order valence-corrected chi connectivity index (χ1v) is 11.2. The van der Waals surface area contributed by atoms with Crippen molar-refractivity contribution in [1.82, 2.24) is 15.1 Å². The maximum atomic E-state index is 13.2. The van der Waals surface area contributed by atoms with E-state index in [1.165, 1.54) is 0 Å². The molecule has 0 aromatic heterocycles. The Labute approximate surface area is 187 Å². The lowest BCUT2D eigenvalue weighted by atomic mass is 10.1. The van der Waals surface area contributed by atoms with E-state index in [2.05, 4.69) is 15.6 Å². The van der Waals surface area contributed by atoms with Gasteiger partial charge < -0.3 is 15.1 Å². The zero-order chi connectivity index (χ0) is 22.3. The Kier molecular flexibility index (Phi) is 6.85. The molecule has 2 aliphatic heterocycles. The van der Waals surface area contributed by atoms with Gasteiger partial charge >= 0.3 is 0 Å². The van der Waals surface area contributed by atoms with Gasteiger partial charge in [0.15, 0.2) is 6.19 Å². The molecule has 0 radical (unpaired) electrons. The summed E-state index contributed by atoms with van der Waals surface area (Å²) in [6, 6.07) is 13.1. The first kappa shape index (κ1) is 21.6. The molecule has 8 nitrogen and oxygen atoms in total. The number of amides is 2. The van der Waals surface area contributed by atoms with Crippen LogP contribution in [0.4, 0.5) is 5.69 Å². The molecule has 2 aliphatic rings. The van der Waals surface area contributed by atoms with E-state index in [9.17, 15) is 14.9 Å². The highest BCUT2D eigenvalue weighted by molar-refractivity contribution is 6.04. The first-order chi connectivity index (χ1) is 15.7. The number of carbonyl (C=O) groups is 2. The lowest BCUT2D eigenvalue weighted by Gasteiger charge is -2.25. The van der Waals surface area contributed by atoms with Crippen molar-refractivity contribution in [3.63, 3.8) is 0 Å². The highest BCUT2D eigenvalue weighted by atomic mass is 16.2. The molecule has 2 aromatic rings. The first-order valence-electron chi connectivity index (χ1n) is 11.2. The number of nitrogens with one attached hydrogen (secondary N) is 2. The number of nitriles is 1. The second kappa shape index (κ2) is 10.1. The monoisotopic (exact) mass is 432 g/mol. The minimum atomic E-state index is -0.637. The Morgan fingerprint density at radius 1 is 1.06 bits per heavy atom. The van der Waals surface area contributed by atoms with E-state index in [1.807, 2.05) is 53.6 Å². The molecule has 0 spiro atoms. The normalized spacial score (nSPS) is 19.5. The fraction of sp³-hybridized carbons (Fsp3) is 0.417. The molecule has 0 aliphatic carbocycles. The van der Waals surface area contributed by atoms with Crippen molar-refractivity contribution in [3.05, 3.63) is 42.5 Å². The van der Waals surface area contributed by atoms with Gasteiger partial charge in [0.2, 0.25) is 17.8 Å². The number of guanidine groups is 1. The third-order valence-electron chi connectivity index (χ3n) is 6.04. The molecular formula is C24H28N6O2. The van der Waals surface area contributed by atoms with Crippen LogP contribution in [-0.4, -0.2) is 59.8 Å². The van der Waals surface area contributed by atoms with Crippen LogP contribution in [-0.2, 0) is 9.59 Å². The summed E-state index contributed by atoms with van der Waals surface area (Å²) in [5.41, 5.74) is 0.798. The van der Waals surface area contributed by atoms with E-state index in [0.29, 0.717) is 13.0 Å². The van der Waals surface area contributed by atoms with Gasteiger partial charge in [-0.1, -0.05) is 36.4 Å². The van der Waals surface area contributed by atoms with Crippen molar-refractivity contribution in [2.45, 2.75) is 38.1 Å². The van der Waals surface area contributed by atoms with Crippen molar-refractivity contribution in [3.8, 4) is 6.19 Å². The number of fused-ring (bicyclic) bond motifs is 1. The van der Waals surface area contributed by atoms with Gasteiger partial charge in [-0.05, 0) is 43.6 Å². The highest BCUT2D eigenvalue weighted by Gasteiger charge is 2.30. The molecule has 2 saturated heterocycles. The van der Waals surface area contributed by atoms with Crippen LogP contribution in [0, 0.1) is 11.5 Å². The van der Waals surface area contributed by atoms with Gasteiger partial charge in [-0.3, -0.25) is 14.9 Å². The summed E-state index contributed by atoms with van der Waals surface area (Å²) in [7, 11) is 0. The van der Waals surface area contributed by atoms with Gasteiger partial charge in [-0.25, -0.2) is 4.99 Å². The van der Waals surface area contributed by atoms with Crippen LogP contribution in [0.3, 0.4) is 0 Å². The number of rotatable bonds is 4. The molecule has 2 aromatic carbocycles. The van der Waals surface area contributed by atoms with E-state index in [0.717, 1.165) is 55.2 Å². The standard InChI is InChI=1S/C24H28N6O2/c25-17-26-24(27-20-12-7-9-18-8-1-2-10-19(18)20)28-21-11-3-4-15-30(23(21)32)16-22(31)29-13-5-6-14-29/h1-2,7-10,12,21H,3-6,11,13-16H2,(H2,26,27,28). The molecule has 1 unspecified atom stereocenters. The van der Waals surface area contributed by atoms with E-state index in [4.69, 9.17) is 0 Å². The van der Waals surface area contributed by atoms with Crippen molar-refractivity contribution in [1.29, 1.82) is 5.26 Å². The Balaban J connectivity index is 1.53. The molecular weight excluding hydrogens is 404 g/mol. The predicted octanol–water partition coefficient (Wildman–Crippen LogP) is 2.68. The topological polar surface area (TPSA) is 101 Å². The molecule has 2 fully saturated rings. The summed E-state index contributed by atoms with van der Waals surface area (Å²) >= 11 is 0. The van der Waals surface area contributed by atoms with Gasteiger partial charge in [-0.2, -0.15) is 5.26 Å². The number of anilines is 1. The Morgan fingerprint density at radius 3 is 2.62 bits per heavy atom. The van der Waals surface area contributed by atoms with Gasteiger partial charge in [0.05, 0.1) is 6.54 Å². The number of nitrogens with zero attached hydrogens (tertiary/aromatic N) is 4. The summed E-state index contributed by atoms with van der Waals surface area (Å²) in [5, 5.41) is 17.1. The number of carbonyl (C=O) groups excluding carboxylic acids is 2. The molecule has 4 rings (SSSR count). The van der Waals surface area contributed by atoms with Crippen LogP contribution in [0.2, 0.25) is 0 Å². The Hall–Kier alpha value is -3.60. The van der Waals surface area contributed by atoms with Crippen LogP contribution in [0.1, 0.15) is 32.1 Å². The number of hydrogen-bond donors (Lipinski definition) is 2. The number of likely N-dealkylation sites (tertiary alicyclic amines) is 2. The van der Waals surface area contributed by atoms with Crippen LogP contribution < -0.4 is 10.6 Å². The predicted molar refractivity (Wildman–Crippen MR) is 124 cm³/mol.